The van der Waals surface area contributed by atoms with E-state index in [2.05, 4.69) is 5.32 Å². The minimum Gasteiger partial charge on any atom is -0.463 e. The first-order valence-corrected chi connectivity index (χ1v) is 9.05. The van der Waals surface area contributed by atoms with Crippen LogP contribution in [0.1, 0.15) is 42.4 Å². The number of benzene rings is 2. The molecule has 3 rings (SSSR count). The average Bonchev–Trinajstić information content (AvgIpc) is 3.05. The lowest BCUT2D eigenvalue weighted by Gasteiger charge is -2.20. The lowest BCUT2D eigenvalue weighted by atomic mass is 10.0. The summed E-state index contributed by atoms with van der Waals surface area (Å²) in [7, 11) is 0. The van der Waals surface area contributed by atoms with Crippen LogP contribution in [0.3, 0.4) is 0 Å². The van der Waals surface area contributed by atoms with Crippen molar-refractivity contribution in [1.82, 2.24) is 5.32 Å². The summed E-state index contributed by atoms with van der Waals surface area (Å²) in [5.74, 6) is -0.668. The van der Waals surface area contributed by atoms with Crippen LogP contribution in [0.2, 0.25) is 5.02 Å². The number of nitrogens with one attached hydrogen (secondary N) is 1. The van der Waals surface area contributed by atoms with Gasteiger partial charge < -0.3 is 14.5 Å². The Bertz CT molecular complexity index is 930. The Kier molecular flexibility index (Phi) is 5.81. The molecule has 0 radical (unpaired) electrons. The zero-order valence-electron chi connectivity index (χ0n) is 15.1. The number of carbonyl (C=O) groups is 2. The molecule has 140 valence electrons. The van der Waals surface area contributed by atoms with E-state index in [1.165, 1.54) is 0 Å². The predicted octanol–water partition coefficient (Wildman–Crippen LogP) is 4.90. The summed E-state index contributed by atoms with van der Waals surface area (Å²) < 4.78 is 10.8. The predicted molar refractivity (Wildman–Crippen MR) is 104 cm³/mol. The van der Waals surface area contributed by atoms with Crippen molar-refractivity contribution >= 4 is 34.4 Å². The van der Waals surface area contributed by atoms with Gasteiger partial charge in [0.2, 0.25) is 0 Å². The van der Waals surface area contributed by atoms with E-state index in [0.29, 0.717) is 16.2 Å². The maximum absolute atomic E-state index is 12.7. The third kappa shape index (κ3) is 4.68. The number of furan rings is 1. The van der Waals surface area contributed by atoms with Gasteiger partial charge in [0.05, 0.1) is 18.6 Å². The van der Waals surface area contributed by atoms with E-state index in [1.54, 1.807) is 50.2 Å². The second kappa shape index (κ2) is 8.27. The van der Waals surface area contributed by atoms with E-state index in [4.69, 9.17) is 20.8 Å². The summed E-state index contributed by atoms with van der Waals surface area (Å²) in [6.45, 7) is 3.55. The number of hydrogen-bond donors (Lipinski definition) is 1. The number of halogens is 1. The van der Waals surface area contributed by atoms with Gasteiger partial charge in [-0.05, 0) is 37.6 Å². The van der Waals surface area contributed by atoms with Crippen molar-refractivity contribution in [3.8, 4) is 0 Å². The Labute approximate surface area is 162 Å². The van der Waals surface area contributed by atoms with Gasteiger partial charge >= 0.3 is 5.97 Å². The number of hydrogen-bond acceptors (Lipinski definition) is 4. The average molecular weight is 386 g/mol. The van der Waals surface area contributed by atoms with E-state index >= 15 is 0 Å². The summed E-state index contributed by atoms with van der Waals surface area (Å²) in [4.78, 5) is 24.9. The molecule has 6 heteroatoms. The molecule has 0 fully saturated rings. The molecule has 0 aliphatic carbocycles. The van der Waals surface area contributed by atoms with Crippen LogP contribution in [-0.2, 0) is 9.53 Å². The first-order chi connectivity index (χ1) is 12.9. The molecule has 5 nitrogen and oxygen atoms in total. The lowest BCUT2D eigenvalue weighted by Crippen LogP contribution is -2.31. The summed E-state index contributed by atoms with van der Waals surface area (Å²) in [6, 6.07) is 15.5. The highest BCUT2D eigenvalue weighted by atomic mass is 35.5. The molecular weight excluding hydrogens is 366 g/mol. The van der Waals surface area contributed by atoms with Crippen LogP contribution in [0.15, 0.2) is 59.0 Å². The zero-order valence-corrected chi connectivity index (χ0v) is 15.8. The van der Waals surface area contributed by atoms with Gasteiger partial charge in [0, 0.05) is 10.4 Å². The van der Waals surface area contributed by atoms with Crippen molar-refractivity contribution in [2.45, 2.75) is 32.4 Å². The molecule has 1 heterocycles. The molecule has 1 aromatic heterocycles. The number of amides is 1. The Hall–Kier alpha value is -2.79. The van der Waals surface area contributed by atoms with Gasteiger partial charge in [-0.2, -0.15) is 0 Å². The Morgan fingerprint density at radius 3 is 2.52 bits per heavy atom. The van der Waals surface area contributed by atoms with Gasteiger partial charge in [-0.25, -0.2) is 0 Å². The highest BCUT2D eigenvalue weighted by Gasteiger charge is 2.24. The van der Waals surface area contributed by atoms with Crippen molar-refractivity contribution in [2.75, 3.05) is 0 Å². The third-order valence-electron chi connectivity index (χ3n) is 3.97. The quantitative estimate of drug-likeness (QED) is 0.613. The first-order valence-electron chi connectivity index (χ1n) is 8.67. The molecule has 0 aliphatic heterocycles. The van der Waals surface area contributed by atoms with E-state index in [-0.39, 0.29) is 18.3 Å². The highest BCUT2D eigenvalue weighted by molar-refractivity contribution is 6.31. The Morgan fingerprint density at radius 2 is 1.81 bits per heavy atom. The van der Waals surface area contributed by atoms with Crippen LogP contribution in [0.25, 0.3) is 11.0 Å². The second-order valence-electron chi connectivity index (χ2n) is 6.44. The van der Waals surface area contributed by atoms with Crippen LogP contribution in [0.4, 0.5) is 0 Å². The van der Waals surface area contributed by atoms with Gasteiger partial charge in [-0.15, -0.1) is 0 Å². The fourth-order valence-electron chi connectivity index (χ4n) is 2.80. The van der Waals surface area contributed by atoms with Gasteiger partial charge in [0.1, 0.15) is 5.58 Å². The van der Waals surface area contributed by atoms with Crippen LogP contribution >= 0.6 is 11.6 Å². The highest BCUT2D eigenvalue weighted by Crippen LogP contribution is 2.27. The van der Waals surface area contributed by atoms with Crippen molar-refractivity contribution in [2.24, 2.45) is 0 Å². The molecule has 1 amide bonds. The molecule has 0 saturated heterocycles. The standard InChI is InChI=1S/C21H20ClNO4/c1-13(2)26-20(24)12-17(15-8-4-5-9-16(15)22)23-21(25)19-11-14-7-3-6-10-18(14)27-19/h3-11,13,17H,12H2,1-2H3,(H,23,25). The molecule has 2 aromatic carbocycles. The summed E-state index contributed by atoms with van der Waals surface area (Å²) in [5.41, 5.74) is 1.26. The van der Waals surface area contributed by atoms with Crippen molar-refractivity contribution in [3.63, 3.8) is 0 Å². The number of fused-ring (bicyclic) bond motifs is 1. The van der Waals surface area contributed by atoms with Crippen molar-refractivity contribution in [1.29, 1.82) is 0 Å². The summed E-state index contributed by atoms with van der Waals surface area (Å²) in [5, 5.41) is 4.13. The molecule has 1 unspecified atom stereocenters. The van der Waals surface area contributed by atoms with Crippen LogP contribution in [0.5, 0.6) is 0 Å². The Balaban J connectivity index is 1.84. The molecule has 0 saturated carbocycles. The topological polar surface area (TPSA) is 68.5 Å². The summed E-state index contributed by atoms with van der Waals surface area (Å²) in [6.07, 6.45) is -0.274. The van der Waals surface area contributed by atoms with Crippen LogP contribution in [-0.4, -0.2) is 18.0 Å². The van der Waals surface area contributed by atoms with Gasteiger partial charge in [0.25, 0.3) is 5.91 Å². The van der Waals surface area contributed by atoms with Gasteiger partial charge in [0.15, 0.2) is 5.76 Å². The number of esters is 1. The fourth-order valence-corrected chi connectivity index (χ4v) is 3.06. The minimum absolute atomic E-state index is 0.0338. The molecule has 0 bridgehead atoms. The molecule has 1 N–H and O–H groups in total. The van der Waals surface area contributed by atoms with Gasteiger partial charge in [-0.3, -0.25) is 9.59 Å². The van der Waals surface area contributed by atoms with E-state index < -0.39 is 17.9 Å². The van der Waals surface area contributed by atoms with Crippen molar-refractivity contribution < 1.29 is 18.7 Å². The summed E-state index contributed by atoms with van der Waals surface area (Å²) >= 11 is 6.28. The second-order valence-corrected chi connectivity index (χ2v) is 6.85. The van der Waals surface area contributed by atoms with Crippen LogP contribution < -0.4 is 5.32 Å². The van der Waals surface area contributed by atoms with Crippen molar-refractivity contribution in [3.05, 3.63) is 70.9 Å². The maximum atomic E-state index is 12.7. The Morgan fingerprint density at radius 1 is 1.11 bits per heavy atom. The molecular formula is C21H20ClNO4. The third-order valence-corrected chi connectivity index (χ3v) is 4.32. The first kappa shape index (κ1) is 19.0. The molecule has 0 spiro atoms. The normalized spacial score (nSPS) is 12.1. The van der Waals surface area contributed by atoms with E-state index in [9.17, 15) is 9.59 Å². The smallest absolute Gasteiger partial charge is 0.308 e. The lowest BCUT2D eigenvalue weighted by molar-refractivity contribution is -0.147. The van der Waals surface area contributed by atoms with Gasteiger partial charge in [-0.1, -0.05) is 48.0 Å². The number of rotatable bonds is 6. The fraction of sp³-hybridized carbons (Fsp3) is 0.238. The molecule has 27 heavy (non-hydrogen) atoms. The van der Waals surface area contributed by atoms with Crippen LogP contribution in [0, 0.1) is 0 Å². The SMILES string of the molecule is CC(C)OC(=O)CC(NC(=O)c1cc2ccccc2o1)c1ccccc1Cl. The number of para-hydroxylation sites is 1. The molecule has 3 aromatic rings. The zero-order chi connectivity index (χ0) is 19.4. The monoisotopic (exact) mass is 385 g/mol. The van der Waals surface area contributed by atoms with E-state index in [1.807, 2.05) is 18.2 Å². The number of carbonyl (C=O) groups excluding carboxylic acids is 2. The largest absolute Gasteiger partial charge is 0.463 e. The molecule has 1 atom stereocenters. The maximum Gasteiger partial charge on any atom is 0.308 e. The number of ether oxygens (including phenoxy) is 1. The minimum atomic E-state index is -0.634. The molecule has 0 aliphatic rings. The van der Waals surface area contributed by atoms with E-state index in [0.717, 1.165) is 5.39 Å².